The SMILES string of the molecule is N/C(CNS(=O)(=O)c1ccc(Cl)s1)=N\O. The monoisotopic (exact) mass is 269 g/mol. The molecule has 0 aliphatic carbocycles. The average molecular weight is 270 g/mol. The quantitative estimate of drug-likeness (QED) is 0.319. The summed E-state index contributed by atoms with van der Waals surface area (Å²) in [4.78, 5) is 0. The second-order valence-corrected chi connectivity index (χ2v) is 6.18. The van der Waals surface area contributed by atoms with Crippen LogP contribution in [0.5, 0.6) is 0 Å². The van der Waals surface area contributed by atoms with Crippen LogP contribution in [0.3, 0.4) is 0 Å². The molecule has 0 aliphatic rings. The third kappa shape index (κ3) is 3.34. The Balaban J connectivity index is 2.77. The van der Waals surface area contributed by atoms with Gasteiger partial charge in [-0.05, 0) is 12.1 Å². The third-order valence-corrected chi connectivity index (χ3v) is 4.51. The lowest BCUT2D eigenvalue weighted by molar-refractivity contribution is 0.317. The summed E-state index contributed by atoms with van der Waals surface area (Å²) in [6.45, 7) is -0.256. The molecule has 0 saturated carbocycles. The van der Waals surface area contributed by atoms with Crippen molar-refractivity contribution in [3.8, 4) is 0 Å². The number of amidine groups is 1. The minimum atomic E-state index is -3.63. The Labute approximate surface area is 95.4 Å². The van der Waals surface area contributed by atoms with Gasteiger partial charge in [0.15, 0.2) is 5.84 Å². The fourth-order valence-electron chi connectivity index (χ4n) is 0.718. The van der Waals surface area contributed by atoms with Gasteiger partial charge in [0.2, 0.25) is 0 Å². The van der Waals surface area contributed by atoms with Gasteiger partial charge in [-0.1, -0.05) is 16.8 Å². The number of halogens is 1. The molecule has 6 nitrogen and oxygen atoms in total. The van der Waals surface area contributed by atoms with E-state index in [2.05, 4.69) is 9.88 Å². The van der Waals surface area contributed by atoms with Crippen LogP contribution in [0.15, 0.2) is 21.5 Å². The molecule has 0 amide bonds. The maximum absolute atomic E-state index is 11.5. The van der Waals surface area contributed by atoms with E-state index in [1.807, 2.05) is 0 Å². The van der Waals surface area contributed by atoms with E-state index in [0.29, 0.717) is 4.34 Å². The lowest BCUT2D eigenvalue weighted by Gasteiger charge is -2.02. The normalized spacial score (nSPS) is 13.0. The third-order valence-electron chi connectivity index (χ3n) is 1.39. The average Bonchev–Trinajstić information content (AvgIpc) is 2.62. The first-order valence-corrected chi connectivity index (χ1v) is 6.35. The van der Waals surface area contributed by atoms with Gasteiger partial charge in [-0.15, -0.1) is 11.3 Å². The Hall–Kier alpha value is -0.830. The van der Waals surface area contributed by atoms with E-state index in [9.17, 15) is 8.42 Å². The van der Waals surface area contributed by atoms with Crippen LogP contribution in [0.25, 0.3) is 0 Å². The van der Waals surface area contributed by atoms with Crippen LogP contribution in [0.4, 0.5) is 0 Å². The number of sulfonamides is 1. The zero-order valence-corrected chi connectivity index (χ0v) is 9.73. The molecule has 0 spiro atoms. The molecule has 0 bridgehead atoms. The second kappa shape index (κ2) is 4.79. The predicted octanol–water partition coefficient (Wildman–Crippen LogP) is 0.426. The van der Waals surface area contributed by atoms with Crippen molar-refractivity contribution >= 4 is 38.8 Å². The van der Waals surface area contributed by atoms with E-state index in [4.69, 9.17) is 22.5 Å². The largest absolute Gasteiger partial charge is 0.409 e. The Kier molecular flexibility index (Phi) is 3.91. The Morgan fingerprint density at radius 2 is 2.33 bits per heavy atom. The molecule has 0 unspecified atom stereocenters. The summed E-state index contributed by atoms with van der Waals surface area (Å²) in [7, 11) is -3.63. The van der Waals surface area contributed by atoms with E-state index in [-0.39, 0.29) is 16.6 Å². The van der Waals surface area contributed by atoms with E-state index in [1.54, 1.807) is 0 Å². The summed E-state index contributed by atoms with van der Waals surface area (Å²) in [5.41, 5.74) is 5.11. The maximum Gasteiger partial charge on any atom is 0.250 e. The highest BCUT2D eigenvalue weighted by atomic mass is 35.5. The summed E-state index contributed by atoms with van der Waals surface area (Å²) in [6.07, 6.45) is 0. The first-order valence-electron chi connectivity index (χ1n) is 3.67. The molecule has 84 valence electrons. The molecule has 1 aromatic heterocycles. The zero-order chi connectivity index (χ0) is 11.5. The van der Waals surface area contributed by atoms with Crippen LogP contribution in [0.2, 0.25) is 4.34 Å². The van der Waals surface area contributed by atoms with E-state index in [1.165, 1.54) is 12.1 Å². The Morgan fingerprint density at radius 3 is 2.80 bits per heavy atom. The van der Waals surface area contributed by atoms with Gasteiger partial charge in [0.05, 0.1) is 10.9 Å². The lowest BCUT2D eigenvalue weighted by Crippen LogP contribution is -2.33. The molecule has 0 fully saturated rings. The molecule has 9 heteroatoms. The van der Waals surface area contributed by atoms with Crippen molar-refractivity contribution in [2.45, 2.75) is 4.21 Å². The number of nitrogens with zero attached hydrogens (tertiary/aromatic N) is 1. The van der Waals surface area contributed by atoms with Gasteiger partial charge in [0.25, 0.3) is 10.0 Å². The van der Waals surface area contributed by atoms with Crippen molar-refractivity contribution in [3.63, 3.8) is 0 Å². The highest BCUT2D eigenvalue weighted by Gasteiger charge is 2.16. The zero-order valence-electron chi connectivity index (χ0n) is 7.34. The first-order chi connectivity index (χ1) is 6.95. The number of hydrogen-bond acceptors (Lipinski definition) is 5. The van der Waals surface area contributed by atoms with Crippen LogP contribution in [0.1, 0.15) is 0 Å². The molecule has 0 aromatic carbocycles. The number of oxime groups is 1. The molecule has 1 aromatic rings. The minimum absolute atomic E-state index is 0.0817. The second-order valence-electron chi connectivity index (χ2n) is 2.47. The topological polar surface area (TPSA) is 105 Å². The van der Waals surface area contributed by atoms with Crippen molar-refractivity contribution in [3.05, 3.63) is 16.5 Å². The summed E-state index contributed by atoms with van der Waals surface area (Å²) in [6, 6.07) is 2.85. The number of thiophene rings is 1. The van der Waals surface area contributed by atoms with Gasteiger partial charge >= 0.3 is 0 Å². The van der Waals surface area contributed by atoms with Gasteiger partial charge in [-0.25, -0.2) is 13.1 Å². The fourth-order valence-corrected chi connectivity index (χ4v) is 3.24. The molecule has 0 aliphatic heterocycles. The van der Waals surface area contributed by atoms with E-state index in [0.717, 1.165) is 11.3 Å². The molecule has 0 saturated heterocycles. The molecule has 15 heavy (non-hydrogen) atoms. The molecule has 1 rings (SSSR count). The molecular weight excluding hydrogens is 262 g/mol. The van der Waals surface area contributed by atoms with Crippen molar-refractivity contribution in [1.82, 2.24) is 4.72 Å². The molecule has 0 radical (unpaired) electrons. The smallest absolute Gasteiger partial charge is 0.250 e. The highest BCUT2D eigenvalue weighted by Crippen LogP contribution is 2.24. The Bertz CT molecular complexity index is 468. The van der Waals surface area contributed by atoms with Crippen molar-refractivity contribution in [2.24, 2.45) is 10.9 Å². The number of rotatable bonds is 4. The first kappa shape index (κ1) is 12.2. The van der Waals surface area contributed by atoms with Crippen LogP contribution in [0, 0.1) is 0 Å². The van der Waals surface area contributed by atoms with Gasteiger partial charge < -0.3 is 10.9 Å². The van der Waals surface area contributed by atoms with Crippen LogP contribution in [-0.2, 0) is 10.0 Å². The maximum atomic E-state index is 11.5. The standard InChI is InChI=1S/C6H8ClN3O3S2/c7-4-1-2-6(14-4)15(12,13)9-3-5(8)10-11/h1-2,9,11H,3H2,(H2,8,10). The van der Waals surface area contributed by atoms with Gasteiger partial charge in [-0.3, -0.25) is 0 Å². The van der Waals surface area contributed by atoms with Crippen molar-refractivity contribution in [1.29, 1.82) is 0 Å². The van der Waals surface area contributed by atoms with Gasteiger partial charge in [-0.2, -0.15) is 0 Å². The molecule has 0 atom stereocenters. The molecular formula is C6H8ClN3O3S2. The summed E-state index contributed by atoms with van der Waals surface area (Å²) >= 11 is 6.52. The predicted molar refractivity (Wildman–Crippen MR) is 57.9 cm³/mol. The number of hydrogen-bond donors (Lipinski definition) is 3. The molecule has 1 heterocycles. The summed E-state index contributed by atoms with van der Waals surface area (Å²) in [5.74, 6) is -0.221. The fraction of sp³-hybridized carbons (Fsp3) is 0.167. The number of nitrogens with one attached hydrogen (secondary N) is 1. The van der Waals surface area contributed by atoms with Crippen LogP contribution < -0.4 is 10.5 Å². The van der Waals surface area contributed by atoms with Gasteiger partial charge in [0.1, 0.15) is 4.21 Å². The lowest BCUT2D eigenvalue weighted by atomic mass is 10.6. The minimum Gasteiger partial charge on any atom is -0.409 e. The number of nitrogens with two attached hydrogens (primary N) is 1. The van der Waals surface area contributed by atoms with Gasteiger partial charge in [0, 0.05) is 0 Å². The Morgan fingerprint density at radius 1 is 1.67 bits per heavy atom. The van der Waals surface area contributed by atoms with Crippen molar-refractivity contribution < 1.29 is 13.6 Å². The summed E-state index contributed by atoms with van der Waals surface area (Å²) in [5, 5.41) is 10.9. The van der Waals surface area contributed by atoms with E-state index >= 15 is 0 Å². The molecule has 4 N–H and O–H groups in total. The van der Waals surface area contributed by atoms with Crippen LogP contribution >= 0.6 is 22.9 Å². The van der Waals surface area contributed by atoms with E-state index < -0.39 is 10.0 Å². The van der Waals surface area contributed by atoms with Crippen LogP contribution in [-0.4, -0.2) is 26.0 Å². The van der Waals surface area contributed by atoms with Crippen molar-refractivity contribution in [2.75, 3.05) is 6.54 Å². The highest BCUT2D eigenvalue weighted by molar-refractivity contribution is 7.91. The summed E-state index contributed by atoms with van der Waals surface area (Å²) < 4.78 is 25.6.